The molecule has 6 saturated carbocycles. The molecule has 0 aromatic heterocycles. The van der Waals surface area contributed by atoms with Crippen molar-refractivity contribution in [2.24, 2.45) is 33.1 Å². The third-order valence-corrected chi connectivity index (χ3v) is 17.3. The van der Waals surface area contributed by atoms with E-state index in [1.165, 1.54) is 63.2 Å². The molecule has 0 heterocycles. The molecule has 0 amide bonds. The molecule has 75 heavy (non-hydrogen) atoms. The fourth-order valence-electron chi connectivity index (χ4n) is 11.6. The van der Waals surface area contributed by atoms with E-state index in [0.717, 1.165) is 160 Å². The number of nitrogens with zero attached hydrogens (tertiary/aromatic N) is 5. The molecule has 0 aliphatic heterocycles. The van der Waals surface area contributed by atoms with Gasteiger partial charge in [-0.1, -0.05) is 95.5 Å². The van der Waals surface area contributed by atoms with Crippen LogP contribution in [0.25, 0.3) is 0 Å². The van der Waals surface area contributed by atoms with E-state index in [1.807, 2.05) is 0 Å². The number of nitrogens with one attached hydrogen (secondary N) is 2. The second-order valence-electron chi connectivity index (χ2n) is 22.2. The molecule has 6 aliphatic carbocycles. The molecule has 0 atom stereocenters. The highest BCUT2D eigenvalue weighted by atomic mass is 35.5. The molecule has 6 N–H and O–H groups in total. The van der Waals surface area contributed by atoms with Crippen molar-refractivity contribution in [2.45, 2.75) is 218 Å². The van der Waals surface area contributed by atoms with Crippen LogP contribution < -0.4 is 20.9 Å². The summed E-state index contributed by atoms with van der Waals surface area (Å²) in [5.41, 5.74) is 12.2. The minimum Gasteiger partial charge on any atom is -0.330 e. The molecule has 0 aromatic carbocycles. The van der Waals surface area contributed by atoms with Crippen molar-refractivity contribution in [3.63, 3.8) is 0 Å². The van der Waals surface area contributed by atoms with Gasteiger partial charge >= 0.3 is 0 Å². The molecule has 0 bridgehead atoms. The van der Waals surface area contributed by atoms with Gasteiger partial charge in [0.25, 0.3) is 0 Å². The molecule has 6 rings (SSSR count). The van der Waals surface area contributed by atoms with Gasteiger partial charge in [-0.25, -0.2) is 26.3 Å². The normalized spacial score (nSPS) is 20.5. The summed E-state index contributed by atoms with van der Waals surface area (Å²) in [4.78, 5) is 41.4. The Morgan fingerprint density at radius 1 is 0.533 bits per heavy atom. The minimum absolute atomic E-state index is 0. The monoisotopic (exact) mass is 1120 g/mol. The van der Waals surface area contributed by atoms with E-state index in [9.17, 15) is 52.0 Å². The van der Waals surface area contributed by atoms with E-state index in [4.69, 9.17) is 22.0 Å². The number of Topliss-reactive ketones (excluding diaryl/α,β-unsaturated/α-hetero) is 1. The first-order valence-corrected chi connectivity index (χ1v) is 31.4. The van der Waals surface area contributed by atoms with Gasteiger partial charge in [0.2, 0.25) is 39.7 Å². The molecule has 20 nitrogen and oxygen atoms in total. The van der Waals surface area contributed by atoms with Crippen LogP contribution in [0.4, 0.5) is 0 Å². The fourth-order valence-corrected chi connectivity index (χ4v) is 12.6. The standard InChI is InChI=1S/C10H20N2O4S.C10H22N2O2S.C9H18N2O2.C9H14N2O2.C8H11N.C6H10O.ClH/c1-17(15,16)11-8-7-10(9-12(13)14)5-3-2-4-6-10;1-15(13,14)12-8-7-10(9-11)5-3-2-4-6-10;2*10-7-6-9(8-11(12)13)4-2-1-3-5-9;9-7-6-8-4-2-1-3-5-8;7-6-4-2-1-3-5-6;/h11H,2-9H2,1H3;12H,2-9,11H2,1H3;1-8,10H2;1-6,8H2;6H,1-5H2;1-5H2;1H. The van der Waals surface area contributed by atoms with Gasteiger partial charge in [-0.15, -0.1) is 12.4 Å². The summed E-state index contributed by atoms with van der Waals surface area (Å²) >= 11 is 0. The summed E-state index contributed by atoms with van der Waals surface area (Å²) in [5, 5.41) is 48.6. The van der Waals surface area contributed by atoms with E-state index in [0.29, 0.717) is 44.8 Å². The van der Waals surface area contributed by atoms with Gasteiger partial charge in [0.15, 0.2) is 0 Å². The summed E-state index contributed by atoms with van der Waals surface area (Å²) in [6.45, 7) is 2.12. The molecule has 23 heteroatoms. The largest absolute Gasteiger partial charge is 0.330 e. The third-order valence-electron chi connectivity index (χ3n) is 15.8. The maximum atomic E-state index is 11.0. The number of sulfonamides is 2. The molecule has 6 aliphatic rings. The zero-order chi connectivity index (χ0) is 55.4. The van der Waals surface area contributed by atoms with Gasteiger partial charge < -0.3 is 11.5 Å². The molecule has 0 aromatic rings. The van der Waals surface area contributed by atoms with Gasteiger partial charge in [0, 0.05) is 69.4 Å². The molecule has 0 unspecified atom stereocenters. The van der Waals surface area contributed by atoms with Gasteiger partial charge in [-0.3, -0.25) is 35.1 Å². The lowest BCUT2D eigenvalue weighted by Crippen LogP contribution is -2.36. The average Bonchev–Trinajstić information content (AvgIpc) is 3.33. The van der Waals surface area contributed by atoms with Crippen molar-refractivity contribution in [3.05, 3.63) is 42.0 Å². The second kappa shape index (κ2) is 39.1. The van der Waals surface area contributed by atoms with Gasteiger partial charge in [-0.2, -0.15) is 10.5 Å². The van der Waals surface area contributed by atoms with Crippen molar-refractivity contribution in [2.75, 3.05) is 58.3 Å². The van der Waals surface area contributed by atoms with E-state index in [1.54, 1.807) is 6.08 Å². The number of nitrogens with two attached hydrogens (primary N) is 2. The Bertz CT molecular complexity index is 1970. The fraction of sp³-hybridized carbons (Fsp3) is 0.904. The van der Waals surface area contributed by atoms with Crippen LogP contribution in [-0.4, -0.2) is 95.7 Å². The predicted molar refractivity (Wildman–Crippen MR) is 298 cm³/mol. The number of carbonyl (C=O) groups is 1. The van der Waals surface area contributed by atoms with Crippen LogP contribution in [0.3, 0.4) is 0 Å². The van der Waals surface area contributed by atoms with Crippen molar-refractivity contribution < 1.29 is 36.4 Å². The van der Waals surface area contributed by atoms with E-state index >= 15 is 0 Å². The van der Waals surface area contributed by atoms with Crippen molar-refractivity contribution >= 4 is 38.2 Å². The Hall–Kier alpha value is -3.38. The molecule has 6 fully saturated rings. The van der Waals surface area contributed by atoms with Gasteiger partial charge in [0.05, 0.1) is 24.6 Å². The second-order valence-corrected chi connectivity index (χ2v) is 25.9. The Labute approximate surface area is 456 Å². The third kappa shape index (κ3) is 34.9. The zero-order valence-electron chi connectivity index (χ0n) is 45.7. The van der Waals surface area contributed by atoms with Crippen LogP contribution in [-0.2, 0) is 24.8 Å². The van der Waals surface area contributed by atoms with Crippen molar-refractivity contribution in [3.8, 4) is 12.1 Å². The number of hydrogen-bond acceptors (Lipinski definition) is 15. The van der Waals surface area contributed by atoms with E-state index < -0.39 is 20.0 Å². The number of rotatable bonds is 18. The summed E-state index contributed by atoms with van der Waals surface area (Å²) in [6, 6.07) is 4.15. The lowest BCUT2D eigenvalue weighted by Gasteiger charge is -2.36. The van der Waals surface area contributed by atoms with Crippen LogP contribution in [0.15, 0.2) is 11.6 Å². The smallest absolute Gasteiger partial charge is 0.210 e. The zero-order valence-corrected chi connectivity index (χ0v) is 48.1. The first-order valence-electron chi connectivity index (χ1n) is 27.6. The highest BCUT2D eigenvalue weighted by Crippen LogP contribution is 2.41. The van der Waals surface area contributed by atoms with Crippen LogP contribution in [0.2, 0.25) is 0 Å². The molecule has 434 valence electrons. The number of nitriles is 2. The van der Waals surface area contributed by atoms with Crippen LogP contribution in [0, 0.1) is 74.7 Å². The molecular weight excluding hydrogens is 1030 g/mol. The maximum Gasteiger partial charge on any atom is 0.210 e. The number of halogens is 1. The highest BCUT2D eigenvalue weighted by Gasteiger charge is 2.39. The highest BCUT2D eigenvalue weighted by molar-refractivity contribution is 7.89. The predicted octanol–water partition coefficient (Wildman–Crippen LogP) is 10.0. The first kappa shape index (κ1) is 71.6. The lowest BCUT2D eigenvalue weighted by molar-refractivity contribution is -0.499. The number of allylic oxidation sites excluding steroid dienone is 2. The average molecular weight is 1120 g/mol. The molecular formula is C52H96ClN9O11S2. The summed E-state index contributed by atoms with van der Waals surface area (Å²) in [6.07, 6.45) is 39.3. The van der Waals surface area contributed by atoms with Crippen molar-refractivity contribution in [1.82, 2.24) is 9.44 Å². The summed E-state index contributed by atoms with van der Waals surface area (Å²) in [5.74, 6) is 0.464. The van der Waals surface area contributed by atoms with Gasteiger partial charge in [-0.05, 0) is 128 Å². The lowest BCUT2D eigenvalue weighted by atomic mass is 9.72. The molecule has 0 saturated heterocycles. The Balaban J connectivity index is 0.000000889. The Morgan fingerprint density at radius 3 is 1.16 bits per heavy atom. The summed E-state index contributed by atoms with van der Waals surface area (Å²) < 4.78 is 48.7. The number of hydrogen-bond donors (Lipinski definition) is 4. The number of carbonyl (C=O) groups excluding carboxylic acids is 1. The first-order chi connectivity index (χ1) is 35.0. The van der Waals surface area contributed by atoms with Crippen molar-refractivity contribution in [1.29, 1.82) is 10.5 Å². The van der Waals surface area contributed by atoms with Gasteiger partial charge in [0.1, 0.15) is 5.78 Å². The summed E-state index contributed by atoms with van der Waals surface area (Å²) in [7, 11) is -6.25. The van der Waals surface area contributed by atoms with E-state index in [2.05, 4.69) is 21.6 Å². The quantitative estimate of drug-likeness (QED) is 0.0563. The van der Waals surface area contributed by atoms with Crippen LogP contribution in [0.1, 0.15) is 218 Å². The van der Waals surface area contributed by atoms with E-state index in [-0.39, 0.29) is 68.5 Å². The molecule has 0 radical (unpaired) electrons. The Kier molecular flexibility index (Phi) is 37.3. The number of ketones is 1. The SMILES string of the molecule is CS(=O)(=O)NCCC1(CN)CCCCC1.CS(=O)(=O)NCCC1(C[N+](=O)[O-])CCCCC1.Cl.N#CC=C1CCCCC1.N#CCC1(C[N+](=O)[O-])CCCCC1.NCCC1(C[N+](=O)[O-])CCCCC1.O=C1CCCCC1. The Morgan fingerprint density at radius 2 is 0.853 bits per heavy atom. The van der Waals surface area contributed by atoms with Crippen LogP contribution >= 0.6 is 12.4 Å². The van der Waals surface area contributed by atoms with Crippen LogP contribution in [0.5, 0.6) is 0 Å². The number of nitro groups is 3. The minimum atomic E-state index is -3.20. The maximum absolute atomic E-state index is 11.0. The molecule has 0 spiro atoms. The topological polar surface area (TPSA) is 338 Å².